The summed E-state index contributed by atoms with van der Waals surface area (Å²) in [6, 6.07) is 4.07. The summed E-state index contributed by atoms with van der Waals surface area (Å²) in [7, 11) is 1.36. The predicted octanol–water partition coefficient (Wildman–Crippen LogP) is 3.62. The van der Waals surface area contributed by atoms with E-state index < -0.39 is 11.6 Å². The summed E-state index contributed by atoms with van der Waals surface area (Å²) in [5.74, 6) is -0.742. The lowest BCUT2D eigenvalue weighted by molar-refractivity contribution is 0.0734. The highest BCUT2D eigenvalue weighted by Gasteiger charge is 2.35. The molecule has 2 aliphatic rings. The van der Waals surface area contributed by atoms with E-state index in [1.807, 2.05) is 19.9 Å². The minimum absolute atomic E-state index is 0.0151. The number of hydrogen-bond acceptors (Lipinski definition) is 7. The molecule has 0 atom stereocenters. The number of phenols is 2. The van der Waals surface area contributed by atoms with Gasteiger partial charge in [-0.1, -0.05) is 0 Å². The SMILES string of the molecule is COc1c(O)ccc2c1Oc1c3c(cc(O)c1C(=O)O2)OC(C)(C)C=C3. The Hall–Kier alpha value is -3.35. The van der Waals surface area contributed by atoms with E-state index in [0.29, 0.717) is 11.3 Å². The van der Waals surface area contributed by atoms with E-state index in [1.165, 1.54) is 25.3 Å². The Morgan fingerprint density at radius 1 is 1.04 bits per heavy atom. The average Bonchev–Trinajstić information content (AvgIpc) is 2.70. The van der Waals surface area contributed by atoms with Crippen LogP contribution in [-0.2, 0) is 0 Å². The minimum Gasteiger partial charge on any atom is -0.507 e. The van der Waals surface area contributed by atoms with Crippen LogP contribution in [0.1, 0.15) is 29.8 Å². The van der Waals surface area contributed by atoms with Gasteiger partial charge in [0, 0.05) is 6.07 Å². The molecule has 26 heavy (non-hydrogen) atoms. The van der Waals surface area contributed by atoms with Gasteiger partial charge in [0.1, 0.15) is 22.7 Å². The highest BCUT2D eigenvalue weighted by Crippen LogP contribution is 2.52. The summed E-state index contributed by atoms with van der Waals surface area (Å²) >= 11 is 0. The molecule has 2 N–H and O–H groups in total. The van der Waals surface area contributed by atoms with Gasteiger partial charge < -0.3 is 29.2 Å². The zero-order valence-electron chi connectivity index (χ0n) is 14.3. The van der Waals surface area contributed by atoms with Crippen molar-refractivity contribution in [2.45, 2.75) is 19.4 Å². The molecule has 7 nitrogen and oxygen atoms in total. The highest BCUT2D eigenvalue weighted by atomic mass is 16.6. The number of carbonyl (C=O) groups is 1. The van der Waals surface area contributed by atoms with Crippen molar-refractivity contribution in [2.75, 3.05) is 7.11 Å². The van der Waals surface area contributed by atoms with Crippen LogP contribution in [0.5, 0.6) is 40.2 Å². The van der Waals surface area contributed by atoms with Gasteiger partial charge in [0.25, 0.3) is 0 Å². The molecule has 0 aromatic heterocycles. The molecule has 7 heteroatoms. The number of fused-ring (bicyclic) bond motifs is 4. The van der Waals surface area contributed by atoms with Crippen LogP contribution >= 0.6 is 0 Å². The summed E-state index contributed by atoms with van der Waals surface area (Å²) in [4.78, 5) is 12.6. The van der Waals surface area contributed by atoms with Crippen molar-refractivity contribution >= 4 is 12.0 Å². The molecule has 0 unspecified atom stereocenters. The lowest BCUT2D eigenvalue weighted by Gasteiger charge is -2.29. The molecular formula is C19H16O7. The van der Waals surface area contributed by atoms with E-state index in [-0.39, 0.29) is 40.1 Å². The number of esters is 1. The van der Waals surface area contributed by atoms with Gasteiger partial charge in [-0.05, 0) is 38.1 Å². The van der Waals surface area contributed by atoms with Gasteiger partial charge in [0.15, 0.2) is 17.2 Å². The molecule has 2 aromatic rings. The van der Waals surface area contributed by atoms with E-state index >= 15 is 0 Å². The standard InChI is InChI=1S/C19H16O7/c1-19(2)7-6-9-13(26-19)8-11(21)14-15(9)25-17-12(24-18(14)22)5-4-10(20)16(17)23-3/h4-8,20-21H,1-3H3. The maximum absolute atomic E-state index is 12.6. The smallest absolute Gasteiger partial charge is 0.351 e. The summed E-state index contributed by atoms with van der Waals surface area (Å²) in [5, 5.41) is 20.4. The second-order valence-corrected chi connectivity index (χ2v) is 6.49. The maximum atomic E-state index is 12.6. The van der Waals surface area contributed by atoms with Crippen LogP contribution < -0.4 is 18.9 Å². The van der Waals surface area contributed by atoms with Crippen LogP contribution in [-0.4, -0.2) is 28.9 Å². The van der Waals surface area contributed by atoms with Gasteiger partial charge >= 0.3 is 5.97 Å². The van der Waals surface area contributed by atoms with Crippen LogP contribution in [0.15, 0.2) is 24.3 Å². The maximum Gasteiger partial charge on any atom is 0.351 e. The summed E-state index contributed by atoms with van der Waals surface area (Å²) in [6.45, 7) is 3.72. The van der Waals surface area contributed by atoms with Crippen molar-refractivity contribution < 1.29 is 34.0 Å². The summed E-state index contributed by atoms with van der Waals surface area (Å²) in [6.07, 6.45) is 3.57. The molecule has 134 valence electrons. The van der Waals surface area contributed by atoms with Crippen molar-refractivity contribution in [2.24, 2.45) is 0 Å². The average molecular weight is 356 g/mol. The largest absolute Gasteiger partial charge is 0.507 e. The Labute approximate surface area is 149 Å². The van der Waals surface area contributed by atoms with E-state index in [1.54, 1.807) is 6.08 Å². The van der Waals surface area contributed by atoms with Crippen molar-refractivity contribution in [1.29, 1.82) is 0 Å². The molecule has 2 heterocycles. The van der Waals surface area contributed by atoms with Crippen LogP contribution in [0.4, 0.5) is 0 Å². The van der Waals surface area contributed by atoms with Gasteiger partial charge in [-0.2, -0.15) is 0 Å². The third-order valence-electron chi connectivity index (χ3n) is 4.16. The predicted molar refractivity (Wildman–Crippen MR) is 91.5 cm³/mol. The Morgan fingerprint density at radius 2 is 1.81 bits per heavy atom. The van der Waals surface area contributed by atoms with Crippen LogP contribution in [0, 0.1) is 0 Å². The molecule has 2 aliphatic heterocycles. The molecular weight excluding hydrogens is 340 g/mol. The lowest BCUT2D eigenvalue weighted by Crippen LogP contribution is -2.27. The molecule has 4 rings (SSSR count). The summed E-state index contributed by atoms with van der Waals surface area (Å²) in [5.41, 5.74) is -0.228. The third-order valence-corrected chi connectivity index (χ3v) is 4.16. The second kappa shape index (κ2) is 5.32. The van der Waals surface area contributed by atoms with Crippen molar-refractivity contribution in [3.63, 3.8) is 0 Å². The lowest BCUT2D eigenvalue weighted by atomic mass is 9.99. The number of benzene rings is 2. The molecule has 0 amide bonds. The van der Waals surface area contributed by atoms with E-state index in [4.69, 9.17) is 18.9 Å². The zero-order chi connectivity index (χ0) is 18.6. The van der Waals surface area contributed by atoms with E-state index in [2.05, 4.69) is 0 Å². The number of ether oxygens (including phenoxy) is 4. The van der Waals surface area contributed by atoms with Gasteiger partial charge in [0.2, 0.25) is 11.5 Å². The first-order valence-corrected chi connectivity index (χ1v) is 7.89. The summed E-state index contributed by atoms with van der Waals surface area (Å²) < 4.78 is 22.2. The van der Waals surface area contributed by atoms with E-state index in [9.17, 15) is 15.0 Å². The topological polar surface area (TPSA) is 94.5 Å². The fourth-order valence-corrected chi connectivity index (χ4v) is 2.95. The molecule has 0 saturated heterocycles. The Kier molecular flexibility index (Phi) is 3.30. The Bertz CT molecular complexity index is 973. The van der Waals surface area contributed by atoms with E-state index in [0.717, 1.165) is 0 Å². The van der Waals surface area contributed by atoms with Crippen LogP contribution in [0.3, 0.4) is 0 Å². The quantitative estimate of drug-likeness (QED) is 0.595. The highest BCUT2D eigenvalue weighted by molar-refractivity contribution is 6.00. The molecule has 0 spiro atoms. The second-order valence-electron chi connectivity index (χ2n) is 6.49. The van der Waals surface area contributed by atoms with Crippen molar-refractivity contribution in [3.8, 4) is 40.2 Å². The molecule has 0 aliphatic carbocycles. The fourth-order valence-electron chi connectivity index (χ4n) is 2.95. The number of aromatic hydroxyl groups is 2. The Morgan fingerprint density at radius 3 is 2.54 bits per heavy atom. The zero-order valence-corrected chi connectivity index (χ0v) is 14.3. The monoisotopic (exact) mass is 356 g/mol. The van der Waals surface area contributed by atoms with Gasteiger partial charge in [-0.15, -0.1) is 0 Å². The number of rotatable bonds is 1. The van der Waals surface area contributed by atoms with Crippen LogP contribution in [0.2, 0.25) is 0 Å². The number of carbonyl (C=O) groups excluding carboxylic acids is 1. The Balaban J connectivity index is 1.99. The van der Waals surface area contributed by atoms with Crippen molar-refractivity contribution in [3.05, 3.63) is 35.4 Å². The molecule has 2 aromatic carbocycles. The third kappa shape index (κ3) is 2.32. The number of hydrogen-bond donors (Lipinski definition) is 2. The molecule has 0 fully saturated rings. The molecule has 0 bridgehead atoms. The number of methoxy groups -OCH3 is 1. The first-order chi connectivity index (χ1) is 12.3. The van der Waals surface area contributed by atoms with Crippen molar-refractivity contribution in [1.82, 2.24) is 0 Å². The first kappa shape index (κ1) is 16.1. The van der Waals surface area contributed by atoms with Gasteiger partial charge in [-0.25, -0.2) is 4.79 Å². The molecule has 0 radical (unpaired) electrons. The normalized spacial score (nSPS) is 16.2. The number of phenolic OH excluding ortho intramolecular Hbond substituents is 2. The van der Waals surface area contributed by atoms with Gasteiger partial charge in [-0.3, -0.25) is 0 Å². The molecule has 0 saturated carbocycles. The first-order valence-electron chi connectivity index (χ1n) is 7.89. The fraction of sp³-hybridized carbons (Fsp3) is 0.211. The van der Waals surface area contributed by atoms with Gasteiger partial charge in [0.05, 0.1) is 12.7 Å². The minimum atomic E-state index is -0.787. The van der Waals surface area contributed by atoms with Crippen LogP contribution in [0.25, 0.3) is 6.08 Å².